The lowest BCUT2D eigenvalue weighted by Gasteiger charge is -2.18. The van der Waals surface area contributed by atoms with Crippen molar-refractivity contribution in [1.29, 1.82) is 0 Å². The minimum Gasteiger partial charge on any atom is -0.388 e. The lowest BCUT2D eigenvalue weighted by atomic mass is 10.0. The summed E-state index contributed by atoms with van der Waals surface area (Å²) in [4.78, 5) is 0. The first-order valence-electron chi connectivity index (χ1n) is 3.91. The molecule has 0 saturated heterocycles. The van der Waals surface area contributed by atoms with Gasteiger partial charge in [-0.3, -0.25) is 0 Å². The molecule has 0 aliphatic carbocycles. The average Bonchev–Trinajstić information content (AvgIpc) is 1.85. The summed E-state index contributed by atoms with van der Waals surface area (Å²) in [6.45, 7) is 7.40. The summed E-state index contributed by atoms with van der Waals surface area (Å²) in [5.41, 5.74) is 2.39. The molecule has 1 rings (SSSR count). The Kier molecular flexibility index (Phi) is 2.85. The van der Waals surface area contributed by atoms with Crippen molar-refractivity contribution >= 4 is 0 Å². The fourth-order valence-electron chi connectivity index (χ4n) is 1.28. The van der Waals surface area contributed by atoms with E-state index in [4.69, 9.17) is 0 Å². The lowest BCUT2D eigenvalue weighted by molar-refractivity contribution is 0.213. The largest absolute Gasteiger partial charge is 0.388 e. The fourth-order valence-corrected chi connectivity index (χ4v) is 1.28. The Labute approximate surface area is 67.6 Å². The highest BCUT2D eigenvalue weighted by molar-refractivity contribution is 5.17. The molecule has 0 saturated carbocycles. The van der Waals surface area contributed by atoms with E-state index in [-0.39, 0.29) is 6.10 Å². The summed E-state index contributed by atoms with van der Waals surface area (Å²) in [6.07, 6.45) is 2.52. The predicted molar refractivity (Wildman–Crippen MR) is 46.4 cm³/mol. The molecule has 0 aromatic carbocycles. The zero-order valence-electron chi connectivity index (χ0n) is 6.93. The van der Waals surface area contributed by atoms with Crippen molar-refractivity contribution in [2.24, 2.45) is 0 Å². The average molecular weight is 153 g/mol. The molecule has 1 aliphatic rings. The number of hydrogen-bond acceptors (Lipinski definition) is 2. The van der Waals surface area contributed by atoms with Gasteiger partial charge in [0.05, 0.1) is 6.10 Å². The number of rotatable bonds is 2. The van der Waals surface area contributed by atoms with E-state index in [2.05, 4.69) is 11.9 Å². The lowest BCUT2D eigenvalue weighted by Crippen LogP contribution is -2.32. The van der Waals surface area contributed by atoms with Crippen molar-refractivity contribution in [1.82, 2.24) is 5.32 Å². The molecule has 1 atom stereocenters. The van der Waals surface area contributed by atoms with Crippen LogP contribution in [0.15, 0.2) is 23.8 Å². The number of nitrogens with one attached hydrogen (secondary N) is 1. The van der Waals surface area contributed by atoms with Crippen LogP contribution in [0.2, 0.25) is 0 Å². The van der Waals surface area contributed by atoms with E-state index >= 15 is 0 Å². The van der Waals surface area contributed by atoms with Crippen molar-refractivity contribution in [2.45, 2.75) is 19.4 Å². The smallest absolute Gasteiger partial charge is 0.0848 e. The third-order valence-corrected chi connectivity index (χ3v) is 1.66. The molecule has 0 spiro atoms. The molecule has 62 valence electrons. The Hall–Kier alpha value is -0.600. The number of β-amino-alcohol motifs (C(OH)–C–C–N with tert-alkyl or cyclic N) is 1. The molecule has 0 aromatic rings. The highest BCUT2D eigenvalue weighted by Crippen LogP contribution is 2.11. The van der Waals surface area contributed by atoms with Crippen LogP contribution in [-0.2, 0) is 0 Å². The second kappa shape index (κ2) is 3.69. The highest BCUT2D eigenvalue weighted by atomic mass is 16.3. The fraction of sp³-hybridized carbons (Fsp3) is 0.556. The SMILES string of the molecule is C=C(C)CC1=CC(O)CNC1. The van der Waals surface area contributed by atoms with Gasteiger partial charge in [0.2, 0.25) is 0 Å². The van der Waals surface area contributed by atoms with Crippen molar-refractivity contribution in [2.75, 3.05) is 13.1 Å². The number of aliphatic hydroxyl groups is 1. The summed E-state index contributed by atoms with van der Waals surface area (Å²) in [7, 11) is 0. The molecule has 0 bridgehead atoms. The maximum Gasteiger partial charge on any atom is 0.0848 e. The molecular formula is C9H15NO. The maximum atomic E-state index is 9.22. The first-order valence-corrected chi connectivity index (χ1v) is 3.91. The van der Waals surface area contributed by atoms with E-state index in [1.807, 2.05) is 13.0 Å². The molecule has 0 fully saturated rings. The summed E-state index contributed by atoms with van der Waals surface area (Å²) in [5, 5.41) is 12.4. The summed E-state index contributed by atoms with van der Waals surface area (Å²) in [6, 6.07) is 0. The van der Waals surface area contributed by atoms with Crippen LogP contribution in [0.5, 0.6) is 0 Å². The summed E-state index contributed by atoms with van der Waals surface area (Å²) in [5.74, 6) is 0. The first kappa shape index (κ1) is 8.50. The summed E-state index contributed by atoms with van der Waals surface area (Å²) >= 11 is 0. The van der Waals surface area contributed by atoms with Crippen LogP contribution in [0.3, 0.4) is 0 Å². The first-order chi connectivity index (χ1) is 5.18. The molecule has 1 unspecified atom stereocenters. The van der Waals surface area contributed by atoms with Crippen molar-refractivity contribution in [3.8, 4) is 0 Å². The van der Waals surface area contributed by atoms with Gasteiger partial charge >= 0.3 is 0 Å². The Bertz CT molecular complexity index is 184. The van der Waals surface area contributed by atoms with Crippen LogP contribution < -0.4 is 5.32 Å². The van der Waals surface area contributed by atoms with Gasteiger partial charge in [0.25, 0.3) is 0 Å². The van der Waals surface area contributed by atoms with Gasteiger partial charge in [-0.05, 0) is 13.3 Å². The van der Waals surface area contributed by atoms with Gasteiger partial charge in [-0.1, -0.05) is 23.8 Å². The Morgan fingerprint density at radius 2 is 2.64 bits per heavy atom. The van der Waals surface area contributed by atoms with E-state index in [9.17, 15) is 5.11 Å². The van der Waals surface area contributed by atoms with Crippen molar-refractivity contribution < 1.29 is 5.11 Å². The molecule has 0 aromatic heterocycles. The van der Waals surface area contributed by atoms with Gasteiger partial charge in [-0.2, -0.15) is 0 Å². The summed E-state index contributed by atoms with van der Waals surface area (Å²) < 4.78 is 0. The molecule has 0 amide bonds. The quantitative estimate of drug-likeness (QED) is 0.576. The molecule has 2 nitrogen and oxygen atoms in total. The molecule has 1 aliphatic heterocycles. The third-order valence-electron chi connectivity index (χ3n) is 1.66. The second-order valence-electron chi connectivity index (χ2n) is 3.16. The normalized spacial score (nSPS) is 24.5. The van der Waals surface area contributed by atoms with E-state index < -0.39 is 0 Å². The van der Waals surface area contributed by atoms with Crippen LogP contribution in [0.4, 0.5) is 0 Å². The van der Waals surface area contributed by atoms with Crippen LogP contribution >= 0.6 is 0 Å². The Morgan fingerprint density at radius 1 is 1.91 bits per heavy atom. The van der Waals surface area contributed by atoms with Gasteiger partial charge in [0.15, 0.2) is 0 Å². The topological polar surface area (TPSA) is 32.3 Å². The van der Waals surface area contributed by atoms with Crippen molar-refractivity contribution in [3.63, 3.8) is 0 Å². The number of hydrogen-bond donors (Lipinski definition) is 2. The Balaban J connectivity index is 2.49. The van der Waals surface area contributed by atoms with E-state index in [0.29, 0.717) is 6.54 Å². The minimum atomic E-state index is -0.307. The predicted octanol–water partition coefficient (Wildman–Crippen LogP) is 0.843. The molecule has 0 radical (unpaired) electrons. The minimum absolute atomic E-state index is 0.307. The number of allylic oxidation sites excluding steroid dienone is 1. The van der Waals surface area contributed by atoms with Crippen LogP contribution in [0, 0.1) is 0 Å². The van der Waals surface area contributed by atoms with Crippen molar-refractivity contribution in [3.05, 3.63) is 23.8 Å². The van der Waals surface area contributed by atoms with Crippen LogP contribution in [-0.4, -0.2) is 24.3 Å². The van der Waals surface area contributed by atoms with Gasteiger partial charge in [-0.15, -0.1) is 0 Å². The molecule has 11 heavy (non-hydrogen) atoms. The van der Waals surface area contributed by atoms with E-state index in [0.717, 1.165) is 18.5 Å². The van der Waals surface area contributed by atoms with Crippen LogP contribution in [0.1, 0.15) is 13.3 Å². The zero-order chi connectivity index (χ0) is 8.27. The third kappa shape index (κ3) is 2.87. The second-order valence-corrected chi connectivity index (χ2v) is 3.16. The maximum absolute atomic E-state index is 9.22. The molecule has 1 heterocycles. The van der Waals surface area contributed by atoms with Crippen LogP contribution in [0.25, 0.3) is 0 Å². The molecule has 2 heteroatoms. The monoisotopic (exact) mass is 153 g/mol. The van der Waals surface area contributed by atoms with Gasteiger partial charge in [-0.25, -0.2) is 0 Å². The molecular weight excluding hydrogens is 138 g/mol. The standard InChI is InChI=1S/C9H15NO/c1-7(2)3-8-4-9(11)6-10-5-8/h4,9-11H,1,3,5-6H2,2H3. The van der Waals surface area contributed by atoms with Gasteiger partial charge in [0, 0.05) is 13.1 Å². The zero-order valence-corrected chi connectivity index (χ0v) is 6.93. The highest BCUT2D eigenvalue weighted by Gasteiger charge is 2.08. The van der Waals surface area contributed by atoms with Gasteiger partial charge < -0.3 is 10.4 Å². The van der Waals surface area contributed by atoms with E-state index in [1.54, 1.807) is 0 Å². The van der Waals surface area contributed by atoms with Gasteiger partial charge in [0.1, 0.15) is 0 Å². The molecule has 2 N–H and O–H groups in total. The van der Waals surface area contributed by atoms with E-state index in [1.165, 1.54) is 5.57 Å². The number of aliphatic hydroxyl groups excluding tert-OH is 1. The Morgan fingerprint density at radius 3 is 3.18 bits per heavy atom.